The summed E-state index contributed by atoms with van der Waals surface area (Å²) in [5.74, 6) is -0.489. The molecule has 0 fully saturated rings. The van der Waals surface area contributed by atoms with E-state index >= 15 is 0 Å². The summed E-state index contributed by atoms with van der Waals surface area (Å²) in [6.07, 6.45) is -1.49. The first-order valence-corrected chi connectivity index (χ1v) is 10.8. The smallest absolute Gasteiger partial charge is 0.409 e. The summed E-state index contributed by atoms with van der Waals surface area (Å²) in [6.45, 7) is 3.52. The van der Waals surface area contributed by atoms with Crippen molar-refractivity contribution in [2.24, 2.45) is 5.73 Å². The summed E-state index contributed by atoms with van der Waals surface area (Å²) in [4.78, 5) is 10.8. The van der Waals surface area contributed by atoms with E-state index in [9.17, 15) is 17.6 Å². The lowest BCUT2D eigenvalue weighted by Gasteiger charge is -2.37. The predicted octanol–water partition coefficient (Wildman–Crippen LogP) is 3.65. The molecular formula is C19H21ClFN3O5S. The number of sulfonamides is 1. The number of amides is 1. The Balaban J connectivity index is 2.10. The topological polar surface area (TPSA) is 122 Å². The highest BCUT2D eigenvalue weighted by Crippen LogP contribution is 2.40. The van der Waals surface area contributed by atoms with Gasteiger partial charge in [0.15, 0.2) is 0 Å². The van der Waals surface area contributed by atoms with Crippen LogP contribution in [-0.4, -0.2) is 37.8 Å². The number of anilines is 2. The number of carboxylic acid groups (broad SMARTS) is 1. The minimum absolute atomic E-state index is 0.0680. The molecule has 162 valence electrons. The second-order valence-electron chi connectivity index (χ2n) is 7.66. The Kier molecular flexibility index (Phi) is 5.85. The molecular weight excluding hydrogens is 437 g/mol. The lowest BCUT2D eigenvalue weighted by Crippen LogP contribution is -2.48. The molecule has 11 heteroatoms. The van der Waals surface area contributed by atoms with Gasteiger partial charge in [-0.3, -0.25) is 9.62 Å². The fourth-order valence-electron chi connectivity index (χ4n) is 3.20. The fourth-order valence-corrected chi connectivity index (χ4v) is 4.97. The van der Waals surface area contributed by atoms with Crippen molar-refractivity contribution in [2.45, 2.75) is 36.8 Å². The van der Waals surface area contributed by atoms with Crippen LogP contribution in [0.15, 0.2) is 41.3 Å². The average molecular weight is 458 g/mol. The normalized spacial score (nSPS) is 16.6. The maximum atomic E-state index is 13.6. The number of rotatable bonds is 5. The van der Waals surface area contributed by atoms with E-state index in [-0.39, 0.29) is 33.6 Å². The molecule has 1 aliphatic heterocycles. The summed E-state index contributed by atoms with van der Waals surface area (Å²) in [7, 11) is -4.16. The summed E-state index contributed by atoms with van der Waals surface area (Å²) in [5.41, 5.74) is 5.77. The third-order valence-electron chi connectivity index (χ3n) is 4.37. The standard InChI is InChI=1S/C19H21ClFN3O5S/c1-19(2,22)9-12-10-24(30(27,28)13-4-5-15(21)14(20)8-13)16-7-11(23-18(25)26)3-6-17(16)29-12/h3-8,12,23H,9-10,22H2,1-2H3,(H,25,26). The number of halogens is 2. The molecule has 0 aliphatic carbocycles. The van der Waals surface area contributed by atoms with Crippen LogP contribution in [0.4, 0.5) is 20.6 Å². The molecule has 4 N–H and O–H groups in total. The summed E-state index contributed by atoms with van der Waals surface area (Å²) in [6, 6.07) is 7.42. The number of fused-ring (bicyclic) bond motifs is 1. The van der Waals surface area contributed by atoms with Crippen LogP contribution < -0.4 is 20.1 Å². The molecule has 0 spiro atoms. The lowest BCUT2D eigenvalue weighted by molar-refractivity contribution is 0.164. The van der Waals surface area contributed by atoms with Gasteiger partial charge in [-0.25, -0.2) is 17.6 Å². The number of nitrogens with zero attached hydrogens (tertiary/aromatic N) is 1. The number of hydrogen-bond acceptors (Lipinski definition) is 5. The van der Waals surface area contributed by atoms with E-state index in [1.807, 2.05) is 0 Å². The van der Waals surface area contributed by atoms with Gasteiger partial charge < -0.3 is 15.6 Å². The van der Waals surface area contributed by atoms with E-state index in [0.717, 1.165) is 22.5 Å². The van der Waals surface area contributed by atoms with E-state index in [0.29, 0.717) is 6.42 Å². The molecule has 0 radical (unpaired) electrons. The van der Waals surface area contributed by atoms with Crippen LogP contribution >= 0.6 is 11.6 Å². The van der Waals surface area contributed by atoms with Crippen LogP contribution in [0.2, 0.25) is 5.02 Å². The Hall–Kier alpha value is -2.56. The Morgan fingerprint density at radius 1 is 1.37 bits per heavy atom. The fraction of sp³-hybridized carbons (Fsp3) is 0.316. The Bertz CT molecular complexity index is 1090. The summed E-state index contributed by atoms with van der Waals surface area (Å²) < 4.78 is 47.3. The van der Waals surface area contributed by atoms with Gasteiger partial charge in [-0.2, -0.15) is 0 Å². The molecule has 0 saturated carbocycles. The molecule has 30 heavy (non-hydrogen) atoms. The first-order valence-electron chi connectivity index (χ1n) is 8.94. The van der Waals surface area contributed by atoms with E-state index < -0.39 is 33.6 Å². The van der Waals surface area contributed by atoms with Crippen LogP contribution in [0, 0.1) is 5.82 Å². The minimum atomic E-state index is -4.16. The van der Waals surface area contributed by atoms with Gasteiger partial charge in [0.1, 0.15) is 17.7 Å². The third kappa shape index (κ3) is 4.77. The lowest BCUT2D eigenvalue weighted by atomic mass is 9.97. The number of benzene rings is 2. The average Bonchev–Trinajstić information content (AvgIpc) is 2.61. The van der Waals surface area contributed by atoms with Crippen LogP contribution in [0.3, 0.4) is 0 Å². The van der Waals surface area contributed by atoms with E-state index in [1.54, 1.807) is 13.8 Å². The van der Waals surface area contributed by atoms with E-state index in [2.05, 4.69) is 5.32 Å². The molecule has 0 saturated heterocycles. The van der Waals surface area contributed by atoms with Gasteiger partial charge in [0.05, 0.1) is 22.2 Å². The molecule has 1 unspecified atom stereocenters. The molecule has 1 aliphatic rings. The highest BCUT2D eigenvalue weighted by molar-refractivity contribution is 7.92. The van der Waals surface area contributed by atoms with Gasteiger partial charge >= 0.3 is 6.09 Å². The summed E-state index contributed by atoms with van der Waals surface area (Å²) >= 11 is 5.78. The largest absolute Gasteiger partial charge is 0.486 e. The van der Waals surface area contributed by atoms with Crippen LogP contribution in [0.25, 0.3) is 0 Å². The molecule has 1 amide bonds. The van der Waals surface area contributed by atoms with Gasteiger partial charge in [-0.05, 0) is 50.2 Å². The third-order valence-corrected chi connectivity index (χ3v) is 6.44. The molecule has 2 aromatic carbocycles. The van der Waals surface area contributed by atoms with E-state index in [1.165, 1.54) is 18.2 Å². The Morgan fingerprint density at radius 3 is 2.67 bits per heavy atom. The quantitative estimate of drug-likeness (QED) is 0.629. The first kappa shape index (κ1) is 22.1. The Morgan fingerprint density at radius 2 is 2.07 bits per heavy atom. The molecule has 0 aromatic heterocycles. The highest BCUT2D eigenvalue weighted by Gasteiger charge is 2.36. The van der Waals surface area contributed by atoms with Crippen LogP contribution in [-0.2, 0) is 10.0 Å². The van der Waals surface area contributed by atoms with Crippen molar-refractivity contribution in [3.8, 4) is 5.75 Å². The maximum absolute atomic E-state index is 13.6. The number of carbonyl (C=O) groups is 1. The van der Waals surface area contributed by atoms with Crippen molar-refractivity contribution < 1.29 is 27.4 Å². The van der Waals surface area contributed by atoms with Crippen molar-refractivity contribution in [3.63, 3.8) is 0 Å². The summed E-state index contributed by atoms with van der Waals surface area (Å²) in [5, 5.41) is 10.8. The van der Waals surface area contributed by atoms with Gasteiger partial charge in [-0.15, -0.1) is 0 Å². The number of nitrogens with two attached hydrogens (primary N) is 1. The zero-order valence-electron chi connectivity index (χ0n) is 16.2. The van der Waals surface area contributed by atoms with Crippen molar-refractivity contribution in [1.29, 1.82) is 0 Å². The predicted molar refractivity (Wildman–Crippen MR) is 111 cm³/mol. The van der Waals surface area contributed by atoms with Crippen molar-refractivity contribution in [1.82, 2.24) is 0 Å². The van der Waals surface area contributed by atoms with Crippen molar-refractivity contribution in [2.75, 3.05) is 16.2 Å². The van der Waals surface area contributed by atoms with Gasteiger partial charge in [-0.1, -0.05) is 11.6 Å². The molecule has 2 aromatic rings. The first-order chi connectivity index (χ1) is 13.9. The van der Waals surface area contributed by atoms with Crippen LogP contribution in [0.5, 0.6) is 5.75 Å². The Labute approximate surface area is 178 Å². The van der Waals surface area contributed by atoms with Crippen molar-refractivity contribution >= 4 is 39.1 Å². The number of nitrogens with one attached hydrogen (secondary N) is 1. The van der Waals surface area contributed by atoms with Crippen molar-refractivity contribution in [3.05, 3.63) is 47.2 Å². The van der Waals surface area contributed by atoms with Gasteiger partial charge in [0.25, 0.3) is 10.0 Å². The minimum Gasteiger partial charge on any atom is -0.486 e. The SMILES string of the molecule is CC(C)(N)CC1CN(S(=O)(=O)c2ccc(F)c(Cl)c2)c2cc(NC(=O)O)ccc2O1. The molecule has 1 heterocycles. The second-order valence-corrected chi connectivity index (χ2v) is 9.93. The number of ether oxygens (including phenoxy) is 1. The zero-order valence-corrected chi connectivity index (χ0v) is 17.8. The molecule has 0 bridgehead atoms. The number of hydrogen-bond donors (Lipinski definition) is 3. The van der Waals surface area contributed by atoms with E-state index in [4.69, 9.17) is 27.2 Å². The molecule has 3 rings (SSSR count). The van der Waals surface area contributed by atoms with Crippen LogP contribution in [0.1, 0.15) is 20.3 Å². The highest BCUT2D eigenvalue weighted by atomic mass is 35.5. The zero-order chi connectivity index (χ0) is 22.3. The van der Waals surface area contributed by atoms with Gasteiger partial charge in [0, 0.05) is 17.6 Å². The maximum Gasteiger partial charge on any atom is 0.409 e. The van der Waals surface area contributed by atoms with Gasteiger partial charge in [0.2, 0.25) is 0 Å². The molecule has 1 atom stereocenters. The second kappa shape index (κ2) is 7.93. The molecule has 8 nitrogen and oxygen atoms in total. The monoisotopic (exact) mass is 457 g/mol.